The molecule has 0 atom stereocenters. The highest BCUT2D eigenvalue weighted by Crippen LogP contribution is 2.53. The van der Waals surface area contributed by atoms with Crippen LogP contribution in [0.2, 0.25) is 0 Å². The summed E-state index contributed by atoms with van der Waals surface area (Å²) in [7, 11) is 0. The molecule has 0 saturated heterocycles. The van der Waals surface area contributed by atoms with Crippen molar-refractivity contribution in [3.8, 4) is 0 Å². The Labute approximate surface area is 80.3 Å². The molecule has 0 radical (unpaired) electrons. The first-order valence-corrected chi connectivity index (χ1v) is 3.98. The van der Waals surface area contributed by atoms with Crippen molar-refractivity contribution in [2.24, 2.45) is 0 Å². The highest BCUT2D eigenvalue weighted by Gasteiger charge is 2.68. The lowest BCUT2D eigenvalue weighted by molar-refractivity contribution is -0.277. The summed E-state index contributed by atoms with van der Waals surface area (Å²) in [5, 5.41) is 0. The van der Waals surface area contributed by atoms with E-state index in [1.54, 1.807) is 0 Å². The van der Waals surface area contributed by atoms with Crippen LogP contribution in [0.3, 0.4) is 0 Å². The van der Waals surface area contributed by atoms with Crippen molar-refractivity contribution >= 4 is 43.5 Å². The van der Waals surface area contributed by atoms with Gasteiger partial charge >= 0.3 is 12.1 Å². The molecule has 0 aromatic rings. The van der Waals surface area contributed by atoms with Crippen LogP contribution < -0.4 is 0 Å². The number of hydrogen-bond acceptors (Lipinski definition) is 0. The number of alkyl halides is 8. The van der Waals surface area contributed by atoms with Crippen LogP contribution in [-0.2, 0) is 0 Å². The summed E-state index contributed by atoms with van der Waals surface area (Å²) in [5.74, 6) is -5.03. The van der Waals surface area contributed by atoms with Crippen LogP contribution in [0.1, 0.15) is 0 Å². The maximum Gasteiger partial charge on any atom is 0.457 e. The standard InChI is InChI=1S/C3Br2ClF5/c4-2(5,6)1(7,8)3(9,10)11. The predicted molar refractivity (Wildman–Crippen MR) is 37.4 cm³/mol. The van der Waals surface area contributed by atoms with Crippen LogP contribution in [-0.4, -0.2) is 14.8 Å². The van der Waals surface area contributed by atoms with Gasteiger partial charge in [0.2, 0.25) is 2.69 Å². The molecule has 0 aromatic heterocycles. The summed E-state index contributed by atoms with van der Waals surface area (Å²) >= 11 is 8.57. The molecule has 68 valence electrons. The predicted octanol–water partition coefficient (Wildman–Crippen LogP) is 3.87. The van der Waals surface area contributed by atoms with E-state index in [9.17, 15) is 22.0 Å². The van der Waals surface area contributed by atoms with Crippen LogP contribution >= 0.6 is 43.5 Å². The molecule has 8 heteroatoms. The minimum absolute atomic E-state index is 1.95. The minimum atomic E-state index is -5.68. The summed E-state index contributed by atoms with van der Waals surface area (Å²) in [5.41, 5.74) is 0. The van der Waals surface area contributed by atoms with Crippen molar-refractivity contribution in [3.05, 3.63) is 0 Å². The zero-order chi connectivity index (χ0) is 9.50. The van der Waals surface area contributed by atoms with Gasteiger partial charge in [-0.3, -0.25) is 0 Å². The van der Waals surface area contributed by atoms with Crippen LogP contribution in [0.4, 0.5) is 22.0 Å². The van der Waals surface area contributed by atoms with Gasteiger partial charge in [-0.25, -0.2) is 0 Å². The van der Waals surface area contributed by atoms with E-state index in [4.69, 9.17) is 0 Å². The first kappa shape index (κ1) is 11.9. The quantitative estimate of drug-likeness (QED) is 0.507. The fourth-order valence-corrected chi connectivity index (χ4v) is 0.717. The van der Waals surface area contributed by atoms with Crippen LogP contribution in [0.25, 0.3) is 0 Å². The van der Waals surface area contributed by atoms with Gasteiger partial charge in [0.25, 0.3) is 0 Å². The Morgan fingerprint density at radius 3 is 1.18 bits per heavy atom. The van der Waals surface area contributed by atoms with Gasteiger partial charge in [-0.05, 0) is 31.9 Å². The Hall–Kier alpha value is 0.900. The zero-order valence-corrected chi connectivity index (χ0v) is 8.45. The molecule has 0 N–H and O–H groups in total. The molecule has 0 unspecified atom stereocenters. The molecule has 0 rings (SSSR count). The van der Waals surface area contributed by atoms with Crippen molar-refractivity contribution in [3.63, 3.8) is 0 Å². The van der Waals surface area contributed by atoms with Gasteiger partial charge in [0.15, 0.2) is 0 Å². The molecule has 0 heterocycles. The molecule has 0 aliphatic rings. The fraction of sp³-hybridized carbons (Fsp3) is 1.00. The molecule has 0 aliphatic heterocycles. The third-order valence-electron chi connectivity index (χ3n) is 0.712. The lowest BCUT2D eigenvalue weighted by Gasteiger charge is -2.26. The van der Waals surface area contributed by atoms with Crippen LogP contribution in [0.15, 0.2) is 0 Å². The maximum absolute atomic E-state index is 12.1. The SMILES string of the molecule is FC(F)(F)C(F)(F)C(Cl)(Br)Br. The zero-order valence-electron chi connectivity index (χ0n) is 4.52. The minimum Gasteiger partial charge on any atom is -0.192 e. The van der Waals surface area contributed by atoms with Crippen molar-refractivity contribution in [1.29, 1.82) is 0 Å². The number of rotatable bonds is 1. The molecule has 0 bridgehead atoms. The van der Waals surface area contributed by atoms with Gasteiger partial charge in [0.1, 0.15) is 0 Å². The van der Waals surface area contributed by atoms with E-state index in [0.29, 0.717) is 0 Å². The van der Waals surface area contributed by atoms with E-state index in [1.807, 2.05) is 31.9 Å². The number of hydrogen-bond donors (Lipinski definition) is 0. The van der Waals surface area contributed by atoms with Crippen LogP contribution in [0, 0.1) is 0 Å². The molecule has 0 saturated carbocycles. The van der Waals surface area contributed by atoms with Crippen molar-refractivity contribution in [2.45, 2.75) is 14.8 Å². The second-order valence-electron chi connectivity index (χ2n) is 1.57. The molecule has 0 spiro atoms. The Bertz CT molecular complexity index is 131. The van der Waals surface area contributed by atoms with Gasteiger partial charge in [0, 0.05) is 0 Å². The van der Waals surface area contributed by atoms with E-state index in [-0.39, 0.29) is 0 Å². The molecule has 0 aliphatic carbocycles. The summed E-state index contributed by atoms with van der Waals surface area (Å²) < 4.78 is 55.5. The second kappa shape index (κ2) is 2.99. The topological polar surface area (TPSA) is 0 Å². The first-order chi connectivity index (χ1) is 4.50. The molecule has 0 nitrogen and oxygen atoms in total. The van der Waals surface area contributed by atoms with Crippen molar-refractivity contribution in [2.75, 3.05) is 0 Å². The van der Waals surface area contributed by atoms with Gasteiger partial charge in [0.05, 0.1) is 0 Å². The molecule has 0 amide bonds. The van der Waals surface area contributed by atoms with Crippen LogP contribution in [0.5, 0.6) is 0 Å². The van der Waals surface area contributed by atoms with Crippen molar-refractivity contribution < 1.29 is 22.0 Å². The van der Waals surface area contributed by atoms with Gasteiger partial charge in [-0.15, -0.1) is 0 Å². The Kier molecular flexibility index (Phi) is 3.24. The first-order valence-electron chi connectivity index (χ1n) is 2.01. The molecule has 11 heavy (non-hydrogen) atoms. The fourth-order valence-electron chi connectivity index (χ4n) is 0.161. The second-order valence-corrected chi connectivity index (χ2v) is 6.49. The Morgan fingerprint density at radius 2 is 1.18 bits per heavy atom. The monoisotopic (exact) mass is 324 g/mol. The lowest BCUT2D eigenvalue weighted by atomic mass is 10.4. The highest BCUT2D eigenvalue weighted by atomic mass is 79.9. The molecule has 0 aromatic carbocycles. The smallest absolute Gasteiger partial charge is 0.192 e. The Morgan fingerprint density at radius 1 is 0.909 bits per heavy atom. The van der Waals surface area contributed by atoms with E-state index < -0.39 is 14.8 Å². The normalized spacial score (nSPS) is 15.3. The van der Waals surface area contributed by atoms with Gasteiger partial charge in [-0.2, -0.15) is 22.0 Å². The van der Waals surface area contributed by atoms with E-state index >= 15 is 0 Å². The number of halogens is 8. The summed E-state index contributed by atoms with van der Waals surface area (Å²) in [6.07, 6.45) is -5.68. The third kappa shape index (κ3) is 2.42. The maximum atomic E-state index is 12.1. The van der Waals surface area contributed by atoms with E-state index in [2.05, 4.69) is 11.6 Å². The lowest BCUT2D eigenvalue weighted by Crippen LogP contribution is -2.46. The average Bonchev–Trinajstić information content (AvgIpc) is 1.58. The summed E-state index contributed by atoms with van der Waals surface area (Å²) in [4.78, 5) is 0. The molecule has 0 fully saturated rings. The average molecular weight is 326 g/mol. The highest BCUT2D eigenvalue weighted by molar-refractivity contribution is 9.26. The van der Waals surface area contributed by atoms with E-state index in [1.165, 1.54) is 0 Å². The summed E-state index contributed by atoms with van der Waals surface area (Å²) in [6, 6.07) is 0. The third-order valence-corrected chi connectivity index (χ3v) is 1.95. The van der Waals surface area contributed by atoms with Crippen molar-refractivity contribution in [1.82, 2.24) is 0 Å². The summed E-state index contributed by atoms with van der Waals surface area (Å²) in [6.45, 7) is 0. The Balaban J connectivity index is 4.75. The largest absolute Gasteiger partial charge is 0.457 e. The van der Waals surface area contributed by atoms with E-state index in [0.717, 1.165) is 0 Å². The molecular weight excluding hydrogens is 326 g/mol. The molecular formula is C3Br2ClF5. The van der Waals surface area contributed by atoms with Gasteiger partial charge < -0.3 is 0 Å². The van der Waals surface area contributed by atoms with Gasteiger partial charge in [-0.1, -0.05) is 11.6 Å².